The second-order valence-corrected chi connectivity index (χ2v) is 7.93. The molecule has 0 saturated carbocycles. The molecule has 0 saturated heterocycles. The summed E-state index contributed by atoms with van der Waals surface area (Å²) in [6.45, 7) is 7.21. The van der Waals surface area contributed by atoms with Crippen LogP contribution >= 0.6 is 0 Å². The fraction of sp³-hybridized carbons (Fsp3) is 1.00. The van der Waals surface area contributed by atoms with Crippen molar-refractivity contribution < 1.29 is 16.9 Å². The summed E-state index contributed by atoms with van der Waals surface area (Å²) in [4.78, 5) is 0. The van der Waals surface area contributed by atoms with Gasteiger partial charge in [0.2, 0.25) is 0 Å². The molecule has 2 heteroatoms. The maximum Gasteiger partial charge on any atom is 0.0782 e. The van der Waals surface area contributed by atoms with E-state index in [1.165, 1.54) is 114 Å². The second kappa shape index (κ2) is 18.6. The highest BCUT2D eigenvalue weighted by atomic mass is 35.5. The van der Waals surface area contributed by atoms with Crippen molar-refractivity contribution in [3.05, 3.63) is 0 Å². The molecule has 0 spiro atoms. The molecule has 0 heterocycles. The molecule has 0 aromatic rings. The van der Waals surface area contributed by atoms with E-state index in [1.54, 1.807) is 0 Å². The Labute approximate surface area is 154 Å². The van der Waals surface area contributed by atoms with Crippen molar-refractivity contribution in [1.29, 1.82) is 0 Å². The number of quaternary nitrogens is 1. The maximum atomic E-state index is 2.35. The Balaban J connectivity index is 0. The molecule has 142 valence electrons. The molecule has 1 nitrogen and oxygen atoms in total. The fourth-order valence-corrected chi connectivity index (χ4v) is 3.07. The van der Waals surface area contributed by atoms with Crippen molar-refractivity contribution in [2.75, 3.05) is 27.2 Å². The number of unbranched alkanes of at least 4 members (excludes halogenated alkanes) is 14. The van der Waals surface area contributed by atoms with Gasteiger partial charge >= 0.3 is 0 Å². The highest BCUT2D eigenvalue weighted by molar-refractivity contribution is 4.49. The molecule has 23 heavy (non-hydrogen) atoms. The quantitative estimate of drug-likeness (QED) is 0.276. The maximum absolute atomic E-state index is 2.35. The van der Waals surface area contributed by atoms with Crippen LogP contribution in [0, 0.1) is 0 Å². The van der Waals surface area contributed by atoms with Crippen molar-refractivity contribution in [3.63, 3.8) is 0 Å². The zero-order valence-electron chi connectivity index (χ0n) is 16.8. The van der Waals surface area contributed by atoms with Crippen LogP contribution in [0.15, 0.2) is 0 Å². The minimum absolute atomic E-state index is 0. The van der Waals surface area contributed by atoms with Crippen LogP contribution < -0.4 is 12.4 Å². The first-order valence-electron chi connectivity index (χ1n) is 10.4. The van der Waals surface area contributed by atoms with E-state index in [-0.39, 0.29) is 12.4 Å². The van der Waals surface area contributed by atoms with E-state index in [0.717, 1.165) is 0 Å². The Morgan fingerprint density at radius 3 is 1.09 bits per heavy atom. The molecule has 0 unspecified atom stereocenters. The average molecular weight is 348 g/mol. The summed E-state index contributed by atoms with van der Waals surface area (Å²) in [5.41, 5.74) is 0. The molecule has 0 aliphatic heterocycles. The van der Waals surface area contributed by atoms with Crippen molar-refractivity contribution in [3.8, 4) is 0 Å². The summed E-state index contributed by atoms with van der Waals surface area (Å²) in [5, 5.41) is 0. The van der Waals surface area contributed by atoms with Crippen LogP contribution in [0.25, 0.3) is 0 Å². The van der Waals surface area contributed by atoms with Crippen LogP contribution in [0.4, 0.5) is 0 Å². The lowest BCUT2D eigenvalue weighted by Gasteiger charge is -2.28. The van der Waals surface area contributed by atoms with Crippen LogP contribution in [0.5, 0.6) is 0 Å². The molecule has 0 aliphatic carbocycles. The van der Waals surface area contributed by atoms with Gasteiger partial charge in [-0.3, -0.25) is 0 Å². The Hall–Kier alpha value is 0.250. The van der Waals surface area contributed by atoms with Gasteiger partial charge in [-0.05, 0) is 19.8 Å². The minimum Gasteiger partial charge on any atom is -1.00 e. The molecule has 0 radical (unpaired) electrons. The fourth-order valence-electron chi connectivity index (χ4n) is 3.07. The lowest BCUT2D eigenvalue weighted by Crippen LogP contribution is -3.00. The highest BCUT2D eigenvalue weighted by Gasteiger charge is 2.09. The van der Waals surface area contributed by atoms with E-state index >= 15 is 0 Å². The normalized spacial score (nSPS) is 11.5. The zero-order valence-corrected chi connectivity index (χ0v) is 17.6. The largest absolute Gasteiger partial charge is 1.00 e. The smallest absolute Gasteiger partial charge is 0.0782 e. The standard InChI is InChI=1S/C21H46N.ClH/c1-5-7-8-9-10-11-12-13-14-15-16-17-18-19-20-21-22(3,4)6-2;/h5-21H2,1-4H3;1H/q+1;/p-1. The predicted molar refractivity (Wildman–Crippen MR) is 102 cm³/mol. The summed E-state index contributed by atoms with van der Waals surface area (Å²) >= 11 is 0. The van der Waals surface area contributed by atoms with Gasteiger partial charge in [-0.2, -0.15) is 0 Å². The predicted octanol–water partition coefficient (Wildman–Crippen LogP) is 3.96. The zero-order chi connectivity index (χ0) is 16.5. The first kappa shape index (κ1) is 25.5. The SMILES string of the molecule is CCCCCCCCCCCCCCCCC[N+](C)(C)CC.[Cl-]. The Kier molecular flexibility index (Phi) is 20.6. The first-order valence-corrected chi connectivity index (χ1v) is 10.4. The Morgan fingerprint density at radius 2 is 0.783 bits per heavy atom. The first-order chi connectivity index (χ1) is 10.6. The van der Waals surface area contributed by atoms with Crippen LogP contribution in [-0.2, 0) is 0 Å². The van der Waals surface area contributed by atoms with Crippen LogP contribution in [0.3, 0.4) is 0 Å². The Bertz CT molecular complexity index is 216. The molecule has 0 atom stereocenters. The number of hydrogen-bond acceptors (Lipinski definition) is 0. The van der Waals surface area contributed by atoms with Gasteiger partial charge in [-0.1, -0.05) is 90.4 Å². The molecule has 0 aromatic heterocycles. The summed E-state index contributed by atoms with van der Waals surface area (Å²) in [6.07, 6.45) is 21.9. The van der Waals surface area contributed by atoms with Crippen molar-refractivity contribution in [1.82, 2.24) is 0 Å². The molecular weight excluding hydrogens is 302 g/mol. The molecule has 0 N–H and O–H groups in total. The van der Waals surface area contributed by atoms with Gasteiger partial charge in [0.15, 0.2) is 0 Å². The van der Waals surface area contributed by atoms with Gasteiger partial charge in [0.1, 0.15) is 0 Å². The summed E-state index contributed by atoms with van der Waals surface area (Å²) in [6, 6.07) is 0. The van der Waals surface area contributed by atoms with Crippen LogP contribution in [0.2, 0.25) is 0 Å². The molecule has 0 fully saturated rings. The van der Waals surface area contributed by atoms with E-state index in [1.807, 2.05) is 0 Å². The third kappa shape index (κ3) is 20.2. The number of halogens is 1. The second-order valence-electron chi connectivity index (χ2n) is 7.93. The summed E-state index contributed by atoms with van der Waals surface area (Å²) in [7, 11) is 4.70. The van der Waals surface area contributed by atoms with Gasteiger partial charge in [0.05, 0.1) is 27.2 Å². The average Bonchev–Trinajstić information content (AvgIpc) is 2.51. The van der Waals surface area contributed by atoms with E-state index in [9.17, 15) is 0 Å². The van der Waals surface area contributed by atoms with Gasteiger partial charge in [-0.15, -0.1) is 0 Å². The number of hydrogen-bond donors (Lipinski definition) is 0. The highest BCUT2D eigenvalue weighted by Crippen LogP contribution is 2.13. The van der Waals surface area contributed by atoms with E-state index in [2.05, 4.69) is 27.9 Å². The van der Waals surface area contributed by atoms with Gasteiger partial charge in [0.25, 0.3) is 0 Å². The van der Waals surface area contributed by atoms with E-state index in [0.29, 0.717) is 0 Å². The number of rotatable bonds is 17. The number of nitrogens with zero attached hydrogens (tertiary/aromatic N) is 1. The Morgan fingerprint density at radius 1 is 0.478 bits per heavy atom. The lowest BCUT2D eigenvalue weighted by molar-refractivity contribution is -0.888. The van der Waals surface area contributed by atoms with E-state index < -0.39 is 0 Å². The molecule has 0 bridgehead atoms. The molecule has 0 aromatic carbocycles. The summed E-state index contributed by atoms with van der Waals surface area (Å²) in [5.74, 6) is 0. The van der Waals surface area contributed by atoms with Gasteiger partial charge < -0.3 is 16.9 Å². The van der Waals surface area contributed by atoms with Crippen LogP contribution in [0.1, 0.15) is 110 Å². The third-order valence-corrected chi connectivity index (χ3v) is 5.22. The molecular formula is C21H46ClN. The molecule has 0 aliphatic rings. The van der Waals surface area contributed by atoms with E-state index in [4.69, 9.17) is 0 Å². The molecule has 0 amide bonds. The van der Waals surface area contributed by atoms with Crippen LogP contribution in [-0.4, -0.2) is 31.7 Å². The lowest BCUT2D eigenvalue weighted by atomic mass is 10.0. The minimum atomic E-state index is 0. The van der Waals surface area contributed by atoms with Crippen molar-refractivity contribution in [2.45, 2.75) is 110 Å². The summed E-state index contributed by atoms with van der Waals surface area (Å²) < 4.78 is 1.19. The van der Waals surface area contributed by atoms with Crippen molar-refractivity contribution >= 4 is 0 Å². The van der Waals surface area contributed by atoms with Crippen molar-refractivity contribution in [2.24, 2.45) is 0 Å². The third-order valence-electron chi connectivity index (χ3n) is 5.22. The topological polar surface area (TPSA) is 0 Å². The van der Waals surface area contributed by atoms with Gasteiger partial charge in [0, 0.05) is 0 Å². The monoisotopic (exact) mass is 347 g/mol. The van der Waals surface area contributed by atoms with Gasteiger partial charge in [-0.25, -0.2) is 0 Å². The molecule has 0 rings (SSSR count).